The first-order valence-corrected chi connectivity index (χ1v) is 6.41. The molecule has 1 amide bonds. The first kappa shape index (κ1) is 12.4. The first-order valence-electron chi connectivity index (χ1n) is 6.41. The van der Waals surface area contributed by atoms with Crippen LogP contribution in [0.2, 0.25) is 0 Å². The molecule has 2 aliphatic rings. The van der Waals surface area contributed by atoms with Crippen LogP contribution < -0.4 is 4.74 Å². The van der Waals surface area contributed by atoms with Crippen molar-refractivity contribution in [3.05, 3.63) is 12.4 Å². The van der Waals surface area contributed by atoms with Crippen LogP contribution in [0.15, 0.2) is 12.4 Å². The quantitative estimate of drug-likeness (QED) is 0.837. The second-order valence-electron chi connectivity index (χ2n) is 5.02. The smallest absolute Gasteiger partial charge is 0.333 e. The van der Waals surface area contributed by atoms with Gasteiger partial charge in [0.15, 0.2) is 5.75 Å². The van der Waals surface area contributed by atoms with Crippen LogP contribution >= 0.6 is 0 Å². The second kappa shape index (κ2) is 4.79. The van der Waals surface area contributed by atoms with Crippen molar-refractivity contribution in [1.82, 2.24) is 14.7 Å². The Morgan fingerprint density at radius 2 is 2.21 bits per heavy atom. The Bertz CT molecular complexity index is 473. The van der Waals surface area contributed by atoms with Gasteiger partial charge in [-0.05, 0) is 12.8 Å². The van der Waals surface area contributed by atoms with Crippen LogP contribution in [0, 0.1) is 5.92 Å². The Morgan fingerprint density at radius 1 is 1.42 bits per heavy atom. The number of amides is 1. The van der Waals surface area contributed by atoms with Crippen LogP contribution in [0.5, 0.6) is 5.75 Å². The summed E-state index contributed by atoms with van der Waals surface area (Å²) >= 11 is 0. The lowest BCUT2D eigenvalue weighted by Gasteiger charge is -2.16. The highest BCUT2D eigenvalue weighted by Crippen LogP contribution is 2.32. The van der Waals surface area contributed by atoms with Gasteiger partial charge in [0.05, 0.1) is 18.9 Å². The summed E-state index contributed by atoms with van der Waals surface area (Å²) in [6.07, 6.45) is 5.04. The average molecular weight is 271 g/mol. The van der Waals surface area contributed by atoms with Crippen molar-refractivity contribution < 1.29 is 18.3 Å². The molecule has 0 bridgehead atoms. The number of likely N-dealkylation sites (tertiary alicyclic amines) is 1. The third-order valence-electron chi connectivity index (χ3n) is 3.46. The summed E-state index contributed by atoms with van der Waals surface area (Å²) < 4.78 is 30.8. The maximum atomic E-state index is 12.3. The molecule has 0 aromatic carbocycles. The summed E-state index contributed by atoms with van der Waals surface area (Å²) in [5.74, 6) is 0.737. The van der Waals surface area contributed by atoms with E-state index in [-0.39, 0.29) is 17.9 Å². The van der Waals surface area contributed by atoms with E-state index in [1.807, 2.05) is 0 Å². The van der Waals surface area contributed by atoms with Crippen molar-refractivity contribution in [1.29, 1.82) is 0 Å². The number of hydrogen-bond donors (Lipinski definition) is 0. The molecule has 1 atom stereocenters. The fourth-order valence-electron chi connectivity index (χ4n) is 2.29. The van der Waals surface area contributed by atoms with Gasteiger partial charge in [-0.1, -0.05) is 0 Å². The first-order chi connectivity index (χ1) is 9.13. The lowest BCUT2D eigenvalue weighted by molar-refractivity contribution is -0.131. The highest BCUT2D eigenvalue weighted by molar-refractivity contribution is 5.81. The van der Waals surface area contributed by atoms with Gasteiger partial charge in [-0.15, -0.1) is 0 Å². The van der Waals surface area contributed by atoms with Crippen LogP contribution in [0.4, 0.5) is 8.78 Å². The van der Waals surface area contributed by atoms with Crippen molar-refractivity contribution >= 4 is 5.91 Å². The summed E-state index contributed by atoms with van der Waals surface area (Å²) in [5, 5.41) is 3.51. The Morgan fingerprint density at radius 3 is 2.84 bits per heavy atom. The molecule has 1 aliphatic heterocycles. The van der Waals surface area contributed by atoms with Crippen LogP contribution in [0.25, 0.3) is 0 Å². The number of rotatable bonds is 4. The molecule has 2 heterocycles. The number of nitrogens with zero attached hydrogens (tertiary/aromatic N) is 3. The van der Waals surface area contributed by atoms with E-state index in [1.54, 1.807) is 4.90 Å². The maximum Gasteiger partial charge on any atom is 0.333 e. The molecule has 2 fully saturated rings. The Balaban J connectivity index is 1.54. The molecule has 0 radical (unpaired) electrons. The van der Waals surface area contributed by atoms with Gasteiger partial charge in [-0.3, -0.25) is 4.79 Å². The molecule has 1 aromatic heterocycles. The maximum absolute atomic E-state index is 12.3. The fourth-order valence-corrected chi connectivity index (χ4v) is 2.29. The molecule has 19 heavy (non-hydrogen) atoms. The molecular formula is C12H15F2N3O2. The van der Waals surface area contributed by atoms with Gasteiger partial charge >= 0.3 is 6.55 Å². The van der Waals surface area contributed by atoms with Gasteiger partial charge in [0.2, 0.25) is 5.91 Å². The minimum Gasteiger partial charge on any atom is -0.485 e. The molecule has 5 nitrogen and oxygen atoms in total. The Hall–Kier alpha value is -1.66. The van der Waals surface area contributed by atoms with E-state index in [1.165, 1.54) is 12.4 Å². The van der Waals surface area contributed by atoms with Crippen molar-refractivity contribution in [3.8, 4) is 5.75 Å². The number of halogens is 2. The van der Waals surface area contributed by atoms with Gasteiger partial charge in [-0.25, -0.2) is 4.68 Å². The number of aromatic nitrogens is 2. The number of ether oxygens (including phenoxy) is 1. The van der Waals surface area contributed by atoms with E-state index >= 15 is 0 Å². The van der Waals surface area contributed by atoms with E-state index in [9.17, 15) is 13.6 Å². The summed E-state index contributed by atoms with van der Waals surface area (Å²) in [6, 6.07) is 0. The van der Waals surface area contributed by atoms with Crippen molar-refractivity contribution in [3.63, 3.8) is 0 Å². The molecule has 0 spiro atoms. The van der Waals surface area contributed by atoms with Gasteiger partial charge in [-0.2, -0.15) is 13.9 Å². The van der Waals surface area contributed by atoms with E-state index in [0.29, 0.717) is 23.5 Å². The summed E-state index contributed by atoms with van der Waals surface area (Å²) in [5.41, 5.74) is 0. The van der Waals surface area contributed by atoms with Crippen molar-refractivity contribution in [2.45, 2.75) is 31.9 Å². The number of alkyl halides is 2. The third-order valence-corrected chi connectivity index (χ3v) is 3.46. The van der Waals surface area contributed by atoms with Gasteiger partial charge in [0.25, 0.3) is 0 Å². The minimum atomic E-state index is -2.66. The molecule has 3 rings (SSSR count). The normalized spacial score (nSPS) is 23.1. The molecule has 1 aromatic rings. The van der Waals surface area contributed by atoms with Crippen molar-refractivity contribution in [2.75, 3.05) is 13.1 Å². The van der Waals surface area contributed by atoms with Gasteiger partial charge < -0.3 is 9.64 Å². The zero-order valence-corrected chi connectivity index (χ0v) is 10.3. The van der Waals surface area contributed by atoms with E-state index in [0.717, 1.165) is 19.3 Å². The predicted molar refractivity (Wildman–Crippen MR) is 61.8 cm³/mol. The average Bonchev–Trinajstić information content (AvgIpc) is 2.94. The topological polar surface area (TPSA) is 47.4 Å². The zero-order chi connectivity index (χ0) is 13.4. The lowest BCUT2D eigenvalue weighted by Crippen LogP contribution is -2.31. The fraction of sp³-hybridized carbons (Fsp3) is 0.667. The molecule has 104 valence electrons. The zero-order valence-electron chi connectivity index (χ0n) is 10.3. The number of hydrogen-bond acceptors (Lipinski definition) is 3. The van der Waals surface area contributed by atoms with Gasteiger partial charge in [0, 0.05) is 18.9 Å². The van der Waals surface area contributed by atoms with Gasteiger partial charge in [0.1, 0.15) is 6.10 Å². The summed E-state index contributed by atoms with van der Waals surface area (Å²) in [6.45, 7) is -1.44. The standard InChI is InChI=1S/C12H15F2N3O2/c13-12(14)17-7-10(5-15-17)19-9-3-4-16(6-9)11(18)8-1-2-8/h5,7-9,12H,1-4,6H2. The van der Waals surface area contributed by atoms with E-state index in [2.05, 4.69) is 5.10 Å². The second-order valence-corrected chi connectivity index (χ2v) is 5.02. The largest absolute Gasteiger partial charge is 0.485 e. The number of carbonyl (C=O) groups is 1. The molecule has 1 unspecified atom stereocenters. The van der Waals surface area contributed by atoms with Crippen molar-refractivity contribution in [2.24, 2.45) is 5.92 Å². The molecule has 1 saturated heterocycles. The van der Waals surface area contributed by atoms with Crippen LogP contribution in [-0.2, 0) is 4.79 Å². The Kier molecular flexibility index (Phi) is 3.12. The molecule has 7 heteroatoms. The molecule has 0 N–H and O–H groups in total. The van der Waals surface area contributed by atoms with Crippen LogP contribution in [0.3, 0.4) is 0 Å². The third kappa shape index (κ3) is 2.69. The molecule has 1 aliphatic carbocycles. The lowest BCUT2D eigenvalue weighted by atomic mass is 10.3. The van der Waals surface area contributed by atoms with Crippen LogP contribution in [0.1, 0.15) is 25.8 Å². The monoisotopic (exact) mass is 271 g/mol. The predicted octanol–water partition coefficient (Wildman–Crippen LogP) is 1.67. The Labute approximate surface area is 109 Å². The summed E-state index contributed by atoms with van der Waals surface area (Å²) in [7, 11) is 0. The van der Waals surface area contributed by atoms with Crippen LogP contribution in [-0.4, -0.2) is 39.8 Å². The van der Waals surface area contributed by atoms with E-state index in [4.69, 9.17) is 4.74 Å². The number of carbonyl (C=O) groups excluding carboxylic acids is 1. The van der Waals surface area contributed by atoms with E-state index < -0.39 is 6.55 Å². The molecule has 1 saturated carbocycles. The highest BCUT2D eigenvalue weighted by Gasteiger charge is 2.37. The SMILES string of the molecule is O=C(C1CC1)N1CCC(Oc2cnn(C(F)F)c2)C1. The summed E-state index contributed by atoms with van der Waals surface area (Å²) in [4.78, 5) is 13.7. The molecular weight excluding hydrogens is 256 g/mol. The highest BCUT2D eigenvalue weighted by atomic mass is 19.3. The minimum absolute atomic E-state index is 0.127.